The minimum absolute atomic E-state index is 0.0275. The molecule has 0 saturated carbocycles. The van der Waals surface area contributed by atoms with Crippen molar-refractivity contribution in [2.75, 3.05) is 18.4 Å². The highest BCUT2D eigenvalue weighted by atomic mass is 19.1. The summed E-state index contributed by atoms with van der Waals surface area (Å²) < 4.78 is 16.0. The van der Waals surface area contributed by atoms with E-state index in [0.717, 1.165) is 16.8 Å². The topological polar surface area (TPSA) is 194 Å². The SMILES string of the molecule is NC(=O)c1nn(CC(=O)N2CC(F)CC2C(=O)Nc2cc(-c3cc4c([nH]3)CCNC4=O)ccn2)c2ccc(-c3ccnnc3)cc12. The Kier molecular flexibility index (Phi) is 7.19. The molecule has 15 heteroatoms. The third-order valence-corrected chi connectivity index (χ3v) is 8.19. The number of aromatic amines is 1. The molecule has 4 aromatic heterocycles. The zero-order valence-corrected chi connectivity index (χ0v) is 24.2. The van der Waals surface area contributed by atoms with Crippen LogP contribution in [0.2, 0.25) is 0 Å². The second-order valence-electron chi connectivity index (χ2n) is 11.1. The summed E-state index contributed by atoms with van der Waals surface area (Å²) in [5, 5.41) is 17.9. The fraction of sp³-hybridized carbons (Fsp3) is 0.226. The number of pyridine rings is 1. The Balaban J connectivity index is 1.10. The van der Waals surface area contributed by atoms with E-state index in [2.05, 4.69) is 35.9 Å². The van der Waals surface area contributed by atoms with E-state index in [1.54, 1.807) is 54.9 Å². The van der Waals surface area contributed by atoms with Crippen LogP contribution in [-0.4, -0.2) is 83.8 Å². The lowest BCUT2D eigenvalue weighted by Gasteiger charge is -2.23. The number of anilines is 1. The molecule has 0 aliphatic carbocycles. The molecule has 14 nitrogen and oxygen atoms in total. The molecule has 2 atom stereocenters. The van der Waals surface area contributed by atoms with E-state index in [9.17, 15) is 23.6 Å². The molecule has 0 bridgehead atoms. The lowest BCUT2D eigenvalue weighted by atomic mass is 10.0. The number of aromatic nitrogens is 6. The van der Waals surface area contributed by atoms with Crippen LogP contribution in [0.5, 0.6) is 0 Å². The van der Waals surface area contributed by atoms with Crippen LogP contribution in [0.25, 0.3) is 33.3 Å². The van der Waals surface area contributed by atoms with Gasteiger partial charge in [-0.2, -0.15) is 15.3 Å². The fourth-order valence-corrected chi connectivity index (χ4v) is 5.98. The van der Waals surface area contributed by atoms with Crippen LogP contribution in [0.1, 0.15) is 33.0 Å². The van der Waals surface area contributed by atoms with Crippen molar-refractivity contribution in [1.29, 1.82) is 0 Å². The molecule has 0 spiro atoms. The van der Waals surface area contributed by atoms with Crippen LogP contribution in [-0.2, 0) is 22.6 Å². The monoisotopic (exact) mass is 622 g/mol. The molecule has 7 rings (SSSR count). The number of H-pyrrole nitrogens is 1. The van der Waals surface area contributed by atoms with Gasteiger partial charge in [-0.1, -0.05) is 6.07 Å². The number of amides is 4. The quantitative estimate of drug-likeness (QED) is 0.211. The number of nitrogens with one attached hydrogen (secondary N) is 3. The Morgan fingerprint density at radius 2 is 1.89 bits per heavy atom. The minimum atomic E-state index is -1.41. The summed E-state index contributed by atoms with van der Waals surface area (Å²) in [6.07, 6.45) is 3.70. The summed E-state index contributed by atoms with van der Waals surface area (Å²) in [5.41, 5.74) is 10.3. The van der Waals surface area contributed by atoms with Crippen molar-refractivity contribution in [2.45, 2.75) is 31.6 Å². The standard InChI is InChI=1S/C31H27FN10O4/c32-19-11-25(31(46)39-26-10-17(3-6-34-26)23-12-20-22(38-23)5-7-35-30(20)45)41(14-19)27(43)15-42-24-2-1-16(18-4-8-36-37-13-18)9-21(24)28(40-42)29(33)44/h1-4,6,8-10,12-13,19,25,38H,5,7,11,14-15H2,(H2,33,44)(H,35,45)(H,34,39,46). The minimum Gasteiger partial charge on any atom is -0.364 e. The Labute approximate surface area is 260 Å². The number of halogens is 1. The van der Waals surface area contributed by atoms with Gasteiger partial charge in [0.15, 0.2) is 5.69 Å². The largest absolute Gasteiger partial charge is 0.364 e. The Bertz CT molecular complexity index is 2020. The molecule has 6 heterocycles. The highest BCUT2D eigenvalue weighted by molar-refractivity contribution is 6.05. The van der Waals surface area contributed by atoms with E-state index < -0.39 is 29.9 Å². The highest BCUT2D eigenvalue weighted by Gasteiger charge is 2.40. The lowest BCUT2D eigenvalue weighted by molar-refractivity contribution is -0.137. The van der Waals surface area contributed by atoms with Gasteiger partial charge in [0.2, 0.25) is 11.8 Å². The van der Waals surface area contributed by atoms with Crippen LogP contribution < -0.4 is 16.4 Å². The predicted molar refractivity (Wildman–Crippen MR) is 163 cm³/mol. The van der Waals surface area contributed by atoms with Crippen LogP contribution in [0.15, 0.2) is 61.1 Å². The third kappa shape index (κ3) is 5.31. The maximum Gasteiger partial charge on any atom is 0.269 e. The molecule has 1 fully saturated rings. The zero-order valence-electron chi connectivity index (χ0n) is 24.2. The molecule has 46 heavy (non-hydrogen) atoms. The normalized spacial score (nSPS) is 17.5. The molecule has 5 N–H and O–H groups in total. The van der Waals surface area contributed by atoms with E-state index in [-0.39, 0.29) is 36.9 Å². The van der Waals surface area contributed by atoms with Crippen LogP contribution in [0, 0.1) is 0 Å². The van der Waals surface area contributed by atoms with Crippen molar-refractivity contribution < 1.29 is 23.6 Å². The summed E-state index contributed by atoms with van der Waals surface area (Å²) >= 11 is 0. The molecule has 2 aliphatic heterocycles. The fourth-order valence-electron chi connectivity index (χ4n) is 5.98. The second kappa shape index (κ2) is 11.5. The highest BCUT2D eigenvalue weighted by Crippen LogP contribution is 2.29. The number of hydrogen-bond donors (Lipinski definition) is 4. The number of nitrogens with zero attached hydrogens (tertiary/aromatic N) is 6. The third-order valence-electron chi connectivity index (χ3n) is 8.19. The van der Waals surface area contributed by atoms with Crippen LogP contribution >= 0.6 is 0 Å². The predicted octanol–water partition coefficient (Wildman–Crippen LogP) is 1.85. The number of rotatable bonds is 7. The number of benzene rings is 1. The summed E-state index contributed by atoms with van der Waals surface area (Å²) in [5.74, 6) is -1.87. The van der Waals surface area contributed by atoms with Crippen molar-refractivity contribution in [2.24, 2.45) is 5.73 Å². The van der Waals surface area contributed by atoms with Gasteiger partial charge in [-0.15, -0.1) is 0 Å². The molecule has 2 aliphatic rings. The molecule has 2 unspecified atom stereocenters. The molecule has 1 saturated heterocycles. The first-order valence-corrected chi connectivity index (χ1v) is 14.5. The summed E-state index contributed by atoms with van der Waals surface area (Å²) in [6, 6.07) is 11.0. The average molecular weight is 623 g/mol. The number of fused-ring (bicyclic) bond motifs is 2. The van der Waals surface area contributed by atoms with E-state index in [4.69, 9.17) is 5.73 Å². The maximum atomic E-state index is 14.7. The van der Waals surface area contributed by atoms with Gasteiger partial charge in [-0.05, 0) is 42.0 Å². The van der Waals surface area contributed by atoms with Crippen molar-refractivity contribution in [3.8, 4) is 22.4 Å². The van der Waals surface area contributed by atoms with Gasteiger partial charge in [0.05, 0.1) is 30.0 Å². The van der Waals surface area contributed by atoms with Crippen molar-refractivity contribution in [3.63, 3.8) is 0 Å². The number of alkyl halides is 1. The zero-order chi connectivity index (χ0) is 31.9. The molecule has 1 aromatic carbocycles. The molecule has 4 amide bonds. The average Bonchev–Trinajstić information content (AvgIpc) is 3.77. The number of carbonyl (C=O) groups excluding carboxylic acids is 4. The van der Waals surface area contributed by atoms with Gasteiger partial charge in [0, 0.05) is 53.5 Å². The molecule has 0 radical (unpaired) electrons. The summed E-state index contributed by atoms with van der Waals surface area (Å²) in [4.78, 5) is 60.0. The molecule has 5 aromatic rings. The van der Waals surface area contributed by atoms with Gasteiger partial charge in [0.1, 0.15) is 24.6 Å². The van der Waals surface area contributed by atoms with Gasteiger partial charge < -0.3 is 26.3 Å². The number of nitrogens with two attached hydrogens (primary N) is 1. The number of likely N-dealkylation sites (tertiary alicyclic amines) is 1. The van der Waals surface area contributed by atoms with Crippen molar-refractivity contribution in [1.82, 2.24) is 40.2 Å². The molecular formula is C31H27FN10O4. The van der Waals surface area contributed by atoms with Crippen molar-refractivity contribution >= 4 is 40.3 Å². The molecular weight excluding hydrogens is 595 g/mol. The van der Waals surface area contributed by atoms with E-state index in [1.165, 1.54) is 15.8 Å². The first-order valence-electron chi connectivity index (χ1n) is 14.5. The lowest BCUT2D eigenvalue weighted by Crippen LogP contribution is -2.44. The summed E-state index contributed by atoms with van der Waals surface area (Å²) in [6.45, 7) is -0.0828. The van der Waals surface area contributed by atoms with Crippen molar-refractivity contribution in [3.05, 3.63) is 78.0 Å². The Morgan fingerprint density at radius 3 is 2.67 bits per heavy atom. The first kappa shape index (κ1) is 28.8. The number of hydrogen-bond acceptors (Lipinski definition) is 8. The Hall–Kier alpha value is -5.99. The maximum absolute atomic E-state index is 14.7. The number of carbonyl (C=O) groups is 4. The Morgan fingerprint density at radius 1 is 1.04 bits per heavy atom. The smallest absolute Gasteiger partial charge is 0.269 e. The van der Waals surface area contributed by atoms with E-state index >= 15 is 0 Å². The van der Waals surface area contributed by atoms with E-state index in [1.807, 2.05) is 0 Å². The second-order valence-corrected chi connectivity index (χ2v) is 11.1. The van der Waals surface area contributed by atoms with Crippen LogP contribution in [0.3, 0.4) is 0 Å². The molecule has 232 valence electrons. The van der Waals surface area contributed by atoms with Gasteiger partial charge in [-0.3, -0.25) is 23.9 Å². The van der Waals surface area contributed by atoms with Gasteiger partial charge in [0.25, 0.3) is 11.8 Å². The number of primary amides is 1. The van der Waals surface area contributed by atoms with E-state index in [0.29, 0.717) is 40.7 Å². The van der Waals surface area contributed by atoms with Crippen LogP contribution in [0.4, 0.5) is 10.2 Å². The summed E-state index contributed by atoms with van der Waals surface area (Å²) in [7, 11) is 0. The van der Waals surface area contributed by atoms with Gasteiger partial charge >= 0.3 is 0 Å². The van der Waals surface area contributed by atoms with Gasteiger partial charge in [-0.25, -0.2) is 9.37 Å². The first-order chi connectivity index (χ1) is 22.2.